The van der Waals surface area contributed by atoms with Crippen LogP contribution < -0.4 is 10.6 Å². The van der Waals surface area contributed by atoms with Crippen molar-refractivity contribution in [3.8, 4) is 0 Å². The van der Waals surface area contributed by atoms with Gasteiger partial charge in [0.25, 0.3) is 0 Å². The fraction of sp³-hybridized carbons (Fsp3) is 0.321. The van der Waals surface area contributed by atoms with E-state index in [1.54, 1.807) is 29.2 Å². The molecule has 36 heavy (non-hydrogen) atoms. The number of fused-ring (bicyclic) bond motifs is 1. The van der Waals surface area contributed by atoms with Crippen LogP contribution >= 0.6 is 0 Å². The highest BCUT2D eigenvalue weighted by Crippen LogP contribution is 2.31. The second-order valence-corrected chi connectivity index (χ2v) is 9.62. The zero-order valence-corrected chi connectivity index (χ0v) is 21.1. The van der Waals surface area contributed by atoms with Gasteiger partial charge in [0.05, 0.1) is 5.52 Å². The summed E-state index contributed by atoms with van der Waals surface area (Å²) in [6.07, 6.45) is 3.98. The zero-order valence-electron chi connectivity index (χ0n) is 21.1. The Hall–Kier alpha value is -4.07. The van der Waals surface area contributed by atoms with E-state index >= 15 is 0 Å². The minimum atomic E-state index is -0.919. The average molecular weight is 485 g/mol. The van der Waals surface area contributed by atoms with E-state index in [0.717, 1.165) is 17.5 Å². The number of benzene rings is 2. The standard InChI is InChI=1S/C28H32N6O2/c1-5-28(3,4)31-26(35)24(21-14-11-17-29-18-21)30-27(36)25(19(2)20-12-7-6-8-13-20)34-23-16-10-9-15-22(23)32-33-34/h6-19,24-25H,5H2,1-4H3,(H,30,36)(H,31,35). The largest absolute Gasteiger partial charge is 0.349 e. The van der Waals surface area contributed by atoms with Crippen molar-refractivity contribution in [1.82, 2.24) is 30.6 Å². The molecule has 2 amide bonds. The smallest absolute Gasteiger partial charge is 0.247 e. The van der Waals surface area contributed by atoms with Crippen LogP contribution in [0.2, 0.25) is 0 Å². The number of aromatic nitrogens is 4. The van der Waals surface area contributed by atoms with Gasteiger partial charge in [-0.05, 0) is 44.0 Å². The number of para-hydroxylation sites is 1. The van der Waals surface area contributed by atoms with Crippen LogP contribution in [0.4, 0.5) is 0 Å². The SMILES string of the molecule is CCC(C)(C)NC(=O)C(NC(=O)C(C(C)c1ccccc1)n1nnc2ccccc21)c1cccnc1. The Bertz CT molecular complexity index is 1320. The van der Waals surface area contributed by atoms with Crippen LogP contribution in [0.5, 0.6) is 0 Å². The molecule has 0 bridgehead atoms. The van der Waals surface area contributed by atoms with Crippen LogP contribution in [0, 0.1) is 0 Å². The Balaban J connectivity index is 1.74. The number of nitrogens with one attached hydrogen (secondary N) is 2. The first-order chi connectivity index (χ1) is 17.3. The van der Waals surface area contributed by atoms with Gasteiger partial charge in [0.2, 0.25) is 11.8 Å². The van der Waals surface area contributed by atoms with E-state index in [4.69, 9.17) is 0 Å². The van der Waals surface area contributed by atoms with E-state index < -0.39 is 17.6 Å². The highest BCUT2D eigenvalue weighted by molar-refractivity contribution is 5.91. The maximum absolute atomic E-state index is 14.0. The van der Waals surface area contributed by atoms with Crippen molar-refractivity contribution in [2.75, 3.05) is 0 Å². The third-order valence-corrected chi connectivity index (χ3v) is 6.62. The summed E-state index contributed by atoms with van der Waals surface area (Å²) in [7, 11) is 0. The van der Waals surface area contributed by atoms with Crippen LogP contribution in [0.3, 0.4) is 0 Å². The third-order valence-electron chi connectivity index (χ3n) is 6.62. The highest BCUT2D eigenvalue weighted by Gasteiger charge is 2.35. The van der Waals surface area contributed by atoms with Gasteiger partial charge >= 0.3 is 0 Å². The molecule has 0 radical (unpaired) electrons. The van der Waals surface area contributed by atoms with Gasteiger partial charge in [-0.2, -0.15) is 0 Å². The van der Waals surface area contributed by atoms with Crippen molar-refractivity contribution in [2.45, 2.75) is 57.7 Å². The van der Waals surface area contributed by atoms with Gasteiger partial charge in [0.15, 0.2) is 0 Å². The Morgan fingerprint density at radius 1 is 0.944 bits per heavy atom. The first kappa shape index (κ1) is 25.0. The molecule has 0 saturated heterocycles. The van der Waals surface area contributed by atoms with Gasteiger partial charge in [-0.25, -0.2) is 4.68 Å². The molecule has 186 valence electrons. The summed E-state index contributed by atoms with van der Waals surface area (Å²) in [6.45, 7) is 7.89. The lowest BCUT2D eigenvalue weighted by atomic mass is 9.92. The van der Waals surface area contributed by atoms with Gasteiger partial charge in [0.1, 0.15) is 17.6 Å². The molecule has 2 aromatic heterocycles. The predicted octanol–water partition coefficient (Wildman–Crippen LogP) is 4.33. The number of rotatable bonds is 9. The molecule has 2 heterocycles. The van der Waals surface area contributed by atoms with Crippen molar-refractivity contribution >= 4 is 22.8 Å². The number of carbonyl (C=O) groups is 2. The summed E-state index contributed by atoms with van der Waals surface area (Å²) in [5.41, 5.74) is 2.59. The lowest BCUT2D eigenvalue weighted by molar-refractivity contribution is -0.132. The average Bonchev–Trinajstić information content (AvgIpc) is 3.32. The van der Waals surface area contributed by atoms with E-state index in [1.165, 1.54) is 0 Å². The second kappa shape index (κ2) is 10.7. The summed E-state index contributed by atoms with van der Waals surface area (Å²) in [5.74, 6) is -0.876. The predicted molar refractivity (Wildman–Crippen MR) is 139 cm³/mol. The van der Waals surface area contributed by atoms with Crippen molar-refractivity contribution in [3.05, 3.63) is 90.3 Å². The lowest BCUT2D eigenvalue weighted by Crippen LogP contribution is -2.50. The molecule has 3 atom stereocenters. The van der Waals surface area contributed by atoms with E-state index in [9.17, 15) is 9.59 Å². The monoisotopic (exact) mass is 484 g/mol. The normalized spacial score (nSPS) is 14.1. The molecule has 8 nitrogen and oxygen atoms in total. The van der Waals surface area contributed by atoms with Crippen LogP contribution in [0.25, 0.3) is 11.0 Å². The first-order valence-electron chi connectivity index (χ1n) is 12.2. The molecule has 4 aromatic rings. The fourth-order valence-electron chi connectivity index (χ4n) is 4.15. The van der Waals surface area contributed by atoms with Gasteiger partial charge in [-0.3, -0.25) is 14.6 Å². The highest BCUT2D eigenvalue weighted by atomic mass is 16.2. The third kappa shape index (κ3) is 5.43. The maximum Gasteiger partial charge on any atom is 0.247 e. The quantitative estimate of drug-likeness (QED) is 0.368. The van der Waals surface area contributed by atoms with Gasteiger partial charge in [0, 0.05) is 29.4 Å². The minimum absolute atomic E-state index is 0.249. The molecule has 2 aromatic carbocycles. The van der Waals surface area contributed by atoms with Crippen molar-refractivity contribution in [1.29, 1.82) is 0 Å². The van der Waals surface area contributed by atoms with Crippen LogP contribution in [0.1, 0.15) is 63.2 Å². The summed E-state index contributed by atoms with van der Waals surface area (Å²) >= 11 is 0. The van der Waals surface area contributed by atoms with Crippen LogP contribution in [0.15, 0.2) is 79.1 Å². The molecule has 3 unspecified atom stereocenters. The fourth-order valence-corrected chi connectivity index (χ4v) is 4.15. The summed E-state index contributed by atoms with van der Waals surface area (Å²) in [5, 5.41) is 14.7. The number of amides is 2. The molecular formula is C28H32N6O2. The Morgan fingerprint density at radius 3 is 2.33 bits per heavy atom. The Morgan fingerprint density at radius 2 is 1.64 bits per heavy atom. The lowest BCUT2D eigenvalue weighted by Gasteiger charge is -2.30. The molecule has 0 aliphatic carbocycles. The van der Waals surface area contributed by atoms with E-state index in [-0.39, 0.29) is 17.7 Å². The second-order valence-electron chi connectivity index (χ2n) is 9.62. The van der Waals surface area contributed by atoms with Crippen LogP contribution in [-0.2, 0) is 9.59 Å². The molecular weight excluding hydrogens is 452 g/mol. The van der Waals surface area contributed by atoms with Crippen molar-refractivity contribution < 1.29 is 9.59 Å². The minimum Gasteiger partial charge on any atom is -0.349 e. The molecule has 0 saturated carbocycles. The maximum atomic E-state index is 14.0. The molecule has 0 fully saturated rings. The van der Waals surface area contributed by atoms with E-state index in [1.807, 2.05) is 82.3 Å². The molecule has 0 spiro atoms. The molecule has 4 rings (SSSR count). The summed E-state index contributed by atoms with van der Waals surface area (Å²) < 4.78 is 1.65. The van der Waals surface area contributed by atoms with Crippen molar-refractivity contribution in [3.63, 3.8) is 0 Å². The van der Waals surface area contributed by atoms with E-state index in [0.29, 0.717) is 11.1 Å². The van der Waals surface area contributed by atoms with Gasteiger partial charge in [-0.1, -0.05) is 67.6 Å². The van der Waals surface area contributed by atoms with Gasteiger partial charge in [-0.15, -0.1) is 5.10 Å². The number of hydrogen-bond donors (Lipinski definition) is 2. The van der Waals surface area contributed by atoms with Gasteiger partial charge < -0.3 is 10.6 Å². The number of hydrogen-bond acceptors (Lipinski definition) is 5. The number of nitrogens with zero attached hydrogens (tertiary/aromatic N) is 4. The van der Waals surface area contributed by atoms with Crippen molar-refractivity contribution in [2.24, 2.45) is 0 Å². The molecule has 2 N–H and O–H groups in total. The Kier molecular flexibility index (Phi) is 7.43. The molecule has 0 aliphatic heterocycles. The number of carbonyl (C=O) groups excluding carboxylic acids is 2. The number of pyridine rings is 1. The zero-order chi connectivity index (χ0) is 25.7. The first-order valence-corrected chi connectivity index (χ1v) is 12.2. The summed E-state index contributed by atoms with van der Waals surface area (Å²) in [4.78, 5) is 31.6. The molecule has 8 heteroatoms. The Labute approximate surface area is 211 Å². The van der Waals surface area contributed by atoms with E-state index in [2.05, 4.69) is 25.9 Å². The summed E-state index contributed by atoms with van der Waals surface area (Å²) in [6, 6.07) is 19.2. The van der Waals surface area contributed by atoms with Crippen LogP contribution in [-0.4, -0.2) is 37.3 Å². The molecule has 0 aliphatic rings. The topological polar surface area (TPSA) is 102 Å².